The Hall–Kier alpha value is -7.83. The fourth-order valence-electron chi connectivity index (χ4n) is 8.59. The van der Waals surface area contributed by atoms with Crippen molar-refractivity contribution >= 4 is 65.7 Å². The first kappa shape index (κ1) is 31.5. The Kier molecular flexibility index (Phi) is 6.83. The van der Waals surface area contributed by atoms with E-state index in [0.29, 0.717) is 17.5 Å². The molecule has 4 aromatic heterocycles. The van der Waals surface area contributed by atoms with Gasteiger partial charge >= 0.3 is 0 Å². The van der Waals surface area contributed by atoms with Crippen molar-refractivity contribution in [2.24, 2.45) is 0 Å². The second-order valence-electron chi connectivity index (χ2n) is 14.3. The molecule has 266 valence electrons. The zero-order chi connectivity index (χ0) is 37.5. The molecule has 0 saturated heterocycles. The first-order chi connectivity index (χ1) is 28.3. The monoisotopic (exact) mass is 730 g/mol. The van der Waals surface area contributed by atoms with Gasteiger partial charge in [-0.25, -0.2) is 15.0 Å². The molecule has 57 heavy (non-hydrogen) atoms. The summed E-state index contributed by atoms with van der Waals surface area (Å²) in [5.41, 5.74) is 11.2. The molecule has 0 aliphatic heterocycles. The second kappa shape index (κ2) is 12.3. The average molecular weight is 731 g/mol. The number of para-hydroxylation sites is 4. The van der Waals surface area contributed by atoms with Gasteiger partial charge < -0.3 is 13.4 Å². The molecule has 8 aromatic carbocycles. The van der Waals surface area contributed by atoms with Gasteiger partial charge in [-0.3, -0.25) is 0 Å². The molecule has 6 heteroatoms. The summed E-state index contributed by atoms with van der Waals surface area (Å²) in [6, 6.07) is 62.4. The molecular weight excluding hydrogens is 701 g/mol. The van der Waals surface area contributed by atoms with Crippen LogP contribution in [0.1, 0.15) is 0 Å². The van der Waals surface area contributed by atoms with Gasteiger partial charge in [0.15, 0.2) is 23.1 Å². The van der Waals surface area contributed by atoms with Crippen molar-refractivity contribution in [3.8, 4) is 51.0 Å². The van der Waals surface area contributed by atoms with Gasteiger partial charge in [-0.1, -0.05) is 152 Å². The third kappa shape index (κ3) is 4.81. The molecule has 0 amide bonds. The molecule has 0 fully saturated rings. The summed E-state index contributed by atoms with van der Waals surface area (Å²) in [4.78, 5) is 15.1. The Bertz CT molecular complexity index is 3410. The normalized spacial score (nSPS) is 11.9. The average Bonchev–Trinajstić information content (AvgIpc) is 3.97. The lowest BCUT2D eigenvalue weighted by atomic mass is 9.96. The Morgan fingerprint density at radius 2 is 0.789 bits per heavy atom. The highest BCUT2D eigenvalue weighted by atomic mass is 16.3. The topological polar surface area (TPSA) is 69.9 Å². The van der Waals surface area contributed by atoms with Crippen molar-refractivity contribution in [1.82, 2.24) is 19.5 Å². The fraction of sp³-hybridized carbons (Fsp3) is 0. The van der Waals surface area contributed by atoms with Crippen molar-refractivity contribution in [3.05, 3.63) is 182 Å². The van der Waals surface area contributed by atoms with Gasteiger partial charge in [0.1, 0.15) is 16.7 Å². The van der Waals surface area contributed by atoms with Gasteiger partial charge in [0.05, 0.1) is 16.7 Å². The van der Waals surface area contributed by atoms with E-state index in [1.165, 1.54) is 10.8 Å². The van der Waals surface area contributed by atoms with E-state index in [-0.39, 0.29) is 0 Å². The number of benzene rings is 8. The Balaban J connectivity index is 1.08. The maximum atomic E-state index is 6.84. The smallest absolute Gasteiger partial charge is 0.164 e. The highest BCUT2D eigenvalue weighted by molar-refractivity contribution is 6.20. The van der Waals surface area contributed by atoms with Crippen LogP contribution in [0.25, 0.3) is 117 Å². The molecule has 12 aromatic rings. The minimum atomic E-state index is 0.585. The van der Waals surface area contributed by atoms with Crippen LogP contribution in [0.3, 0.4) is 0 Å². The van der Waals surface area contributed by atoms with Crippen LogP contribution >= 0.6 is 0 Å². The predicted molar refractivity (Wildman–Crippen MR) is 230 cm³/mol. The minimum absolute atomic E-state index is 0.585. The fourth-order valence-corrected chi connectivity index (χ4v) is 8.59. The van der Waals surface area contributed by atoms with E-state index < -0.39 is 0 Å². The summed E-state index contributed by atoms with van der Waals surface area (Å²) >= 11 is 0. The van der Waals surface area contributed by atoms with Crippen LogP contribution in [0.2, 0.25) is 0 Å². The van der Waals surface area contributed by atoms with E-state index >= 15 is 0 Å². The molecule has 0 N–H and O–H groups in total. The molecular formula is C51H30N4O2. The predicted octanol–water partition coefficient (Wildman–Crippen LogP) is 13.4. The van der Waals surface area contributed by atoms with Crippen molar-refractivity contribution in [2.45, 2.75) is 0 Å². The maximum Gasteiger partial charge on any atom is 0.164 e. The zero-order valence-electron chi connectivity index (χ0n) is 30.4. The summed E-state index contributed by atoms with van der Waals surface area (Å²) < 4.78 is 16.0. The van der Waals surface area contributed by atoms with E-state index in [2.05, 4.69) is 114 Å². The van der Waals surface area contributed by atoms with Gasteiger partial charge in [-0.2, -0.15) is 0 Å². The van der Waals surface area contributed by atoms with Crippen LogP contribution in [-0.2, 0) is 0 Å². The molecule has 0 saturated carbocycles. The van der Waals surface area contributed by atoms with Crippen LogP contribution in [0.4, 0.5) is 0 Å². The minimum Gasteiger partial charge on any atom is -0.455 e. The molecule has 0 radical (unpaired) electrons. The lowest BCUT2D eigenvalue weighted by molar-refractivity contribution is 0.666. The number of fused-ring (bicyclic) bond motifs is 9. The standard InChI is InChI=1S/C51H30N4O2/c1-3-15-31(16-4-1)49-52-50(32-17-5-2-6-18-32)54-51(53-49)39-25-14-30-44-46(39)37-23-11-22-36(47(37)56-44)35-21-13-29-43-45(35)38-24-12-28-42(48(38)57-43)55-40-26-9-7-19-33(40)34-20-8-10-27-41(34)55/h1-30H. The highest BCUT2D eigenvalue weighted by Crippen LogP contribution is 2.45. The van der Waals surface area contributed by atoms with E-state index in [4.69, 9.17) is 23.8 Å². The van der Waals surface area contributed by atoms with Crippen LogP contribution in [0.15, 0.2) is 191 Å². The van der Waals surface area contributed by atoms with Gasteiger partial charge in [0.2, 0.25) is 0 Å². The quantitative estimate of drug-likeness (QED) is 0.176. The Morgan fingerprint density at radius 3 is 1.44 bits per heavy atom. The van der Waals surface area contributed by atoms with E-state index in [1.54, 1.807) is 0 Å². The van der Waals surface area contributed by atoms with Gasteiger partial charge in [0.25, 0.3) is 0 Å². The van der Waals surface area contributed by atoms with Gasteiger partial charge in [-0.15, -0.1) is 0 Å². The molecule has 6 nitrogen and oxygen atoms in total. The molecule has 0 atom stereocenters. The Labute approximate surface area is 325 Å². The van der Waals surface area contributed by atoms with Crippen LogP contribution in [0, 0.1) is 0 Å². The third-order valence-corrected chi connectivity index (χ3v) is 11.1. The maximum absolute atomic E-state index is 6.84. The lowest BCUT2D eigenvalue weighted by Gasteiger charge is -2.09. The Morgan fingerprint density at radius 1 is 0.333 bits per heavy atom. The van der Waals surface area contributed by atoms with Gasteiger partial charge in [-0.05, 0) is 35.9 Å². The third-order valence-electron chi connectivity index (χ3n) is 11.1. The van der Waals surface area contributed by atoms with Crippen LogP contribution in [0.5, 0.6) is 0 Å². The molecule has 0 bridgehead atoms. The summed E-state index contributed by atoms with van der Waals surface area (Å²) in [5.74, 6) is 1.81. The summed E-state index contributed by atoms with van der Waals surface area (Å²) in [6.45, 7) is 0. The van der Waals surface area contributed by atoms with Gasteiger partial charge in [0, 0.05) is 54.6 Å². The van der Waals surface area contributed by atoms with E-state index in [1.807, 2.05) is 72.8 Å². The zero-order valence-corrected chi connectivity index (χ0v) is 30.4. The highest BCUT2D eigenvalue weighted by Gasteiger charge is 2.23. The van der Waals surface area contributed by atoms with Crippen molar-refractivity contribution in [3.63, 3.8) is 0 Å². The molecule has 12 rings (SSSR count). The summed E-state index contributed by atoms with van der Waals surface area (Å²) in [6.07, 6.45) is 0. The number of nitrogens with zero attached hydrogens (tertiary/aromatic N) is 4. The molecule has 0 aliphatic rings. The molecule has 0 aliphatic carbocycles. The lowest BCUT2D eigenvalue weighted by Crippen LogP contribution is -2.00. The first-order valence-corrected chi connectivity index (χ1v) is 19.0. The van der Waals surface area contributed by atoms with Crippen LogP contribution in [-0.4, -0.2) is 19.5 Å². The SMILES string of the molecule is c1ccc(-c2nc(-c3ccccc3)nc(-c3cccc4oc5c(-c6cccc7oc8c(-n9c%10ccccc%10c%10ccccc%109)cccc8c67)cccc5c34)n2)cc1. The summed E-state index contributed by atoms with van der Waals surface area (Å²) in [5, 5.41) is 6.44. The number of furan rings is 2. The molecule has 0 spiro atoms. The van der Waals surface area contributed by atoms with Crippen molar-refractivity contribution in [2.75, 3.05) is 0 Å². The second-order valence-corrected chi connectivity index (χ2v) is 14.3. The molecule has 4 heterocycles. The largest absolute Gasteiger partial charge is 0.455 e. The summed E-state index contributed by atoms with van der Waals surface area (Å²) in [7, 11) is 0. The van der Waals surface area contributed by atoms with Crippen molar-refractivity contribution in [1.29, 1.82) is 0 Å². The number of hydrogen-bond acceptors (Lipinski definition) is 5. The molecule has 0 unspecified atom stereocenters. The van der Waals surface area contributed by atoms with Crippen LogP contribution < -0.4 is 0 Å². The van der Waals surface area contributed by atoms with Crippen molar-refractivity contribution < 1.29 is 8.83 Å². The number of aromatic nitrogens is 4. The van der Waals surface area contributed by atoms with E-state index in [9.17, 15) is 0 Å². The number of rotatable bonds is 5. The number of hydrogen-bond donors (Lipinski definition) is 0. The first-order valence-electron chi connectivity index (χ1n) is 19.0. The van der Waals surface area contributed by atoms with E-state index in [0.717, 1.165) is 88.4 Å².